The first-order chi connectivity index (χ1) is 1.00. The van der Waals surface area contributed by atoms with Crippen molar-refractivity contribution in [1.29, 1.82) is 0 Å². The molecule has 0 unspecified atom stereocenters. The molecule has 0 aromatic rings. The summed E-state index contributed by atoms with van der Waals surface area (Å²) in [5, 5.41) is 0. The van der Waals surface area contributed by atoms with Crippen LogP contribution in [-0.2, 0) is 0 Å². The zero-order chi connectivity index (χ0) is 2.00. The van der Waals surface area contributed by atoms with Gasteiger partial charge in [0.25, 0.3) is 0 Å². The third-order valence-electron chi connectivity index (χ3n) is 0. The van der Waals surface area contributed by atoms with Gasteiger partial charge in [0.15, 0.2) is 17.4 Å². The number of hydrogen-bond donors (Lipinski definition) is 0. The van der Waals surface area contributed by atoms with Crippen molar-refractivity contribution in [2.24, 2.45) is 0 Å². The predicted molar refractivity (Wildman–Crippen MR) is 28.4 cm³/mol. The molecule has 0 nitrogen and oxygen atoms in total. The van der Waals surface area contributed by atoms with Crippen molar-refractivity contribution in [3.63, 3.8) is 0 Å². The van der Waals surface area contributed by atoms with E-state index in [1.807, 2.05) is 0 Å². The van der Waals surface area contributed by atoms with Gasteiger partial charge < -0.3 is 0 Å². The molecule has 0 aromatic carbocycles. The fraction of sp³-hybridized carbons (Fsp3) is 0. The van der Waals surface area contributed by atoms with Crippen molar-refractivity contribution in [3.8, 4) is 0 Å². The molecule has 0 saturated heterocycles. The zero-order valence-electron chi connectivity index (χ0n) is 1.58. The van der Waals surface area contributed by atoms with Crippen molar-refractivity contribution in [2.45, 2.75) is 0 Å². The van der Waals surface area contributed by atoms with Crippen LogP contribution in [0.25, 0.3) is 0 Å². The maximum absolute atomic E-state index is 1.47. The summed E-state index contributed by atoms with van der Waals surface area (Å²) in [5.74, 6) is 1.47. The third kappa shape index (κ3) is 9.06. The topological polar surface area (TPSA) is 0 Å². The summed E-state index contributed by atoms with van der Waals surface area (Å²) in [6.45, 7) is 0. The summed E-state index contributed by atoms with van der Waals surface area (Å²) in [6, 6.07) is 0. The van der Waals surface area contributed by atoms with Crippen molar-refractivity contribution < 1.29 is 32.7 Å². The van der Waals surface area contributed by atoms with E-state index >= 15 is 0 Å². The monoisotopic (exact) mass is 290 g/mol. The van der Waals surface area contributed by atoms with Gasteiger partial charge in [-0.15, -0.1) is 0 Å². The van der Waals surface area contributed by atoms with Crippen LogP contribution in [0.3, 0.4) is 0 Å². The number of rotatable bonds is 0. The molecule has 0 radical (unpaired) electrons. The normalized spacial score (nSPS) is 1.75. The van der Waals surface area contributed by atoms with Crippen LogP contribution < -0.4 is 0 Å². The predicted octanol–water partition coefficient (Wildman–Crippen LogP) is -3.28. The Hall–Kier alpha value is 3.42. The quantitative estimate of drug-likeness (QED) is 0.410. The van der Waals surface area contributed by atoms with Crippen molar-refractivity contribution >= 4 is 68.6 Å². The summed E-state index contributed by atoms with van der Waals surface area (Å²) in [4.78, 5) is 0. The van der Waals surface area contributed by atoms with E-state index < -0.39 is 0 Å². The fourth-order valence-corrected chi connectivity index (χ4v) is 0. The van der Waals surface area contributed by atoms with Crippen LogP contribution in [0.2, 0.25) is 0 Å². The first-order valence-corrected chi connectivity index (χ1v) is 12.6. The van der Waals surface area contributed by atoms with Gasteiger partial charge in [0.1, 0.15) is 0 Å². The maximum atomic E-state index is 1.47. The van der Waals surface area contributed by atoms with Crippen molar-refractivity contribution in [3.05, 3.63) is 0 Å². The number of hydrogen-bond acceptors (Lipinski definition) is 0. The molecular weight excluding hydrogens is 282 g/mol. The van der Waals surface area contributed by atoms with E-state index in [-0.39, 0.29) is 62.8 Å². The Labute approximate surface area is 98.4 Å². The second-order valence-corrected chi connectivity index (χ2v) is 0. The average molecular weight is 290 g/mol. The molecular formula is H8AlLaSiSr. The Balaban J connectivity index is -0.00000000500. The Morgan fingerprint density at radius 1 is 1.25 bits per heavy atom. The molecule has 0 fully saturated rings. The summed E-state index contributed by atoms with van der Waals surface area (Å²) in [5.41, 5.74) is 0. The molecule has 4 heteroatoms. The summed E-state index contributed by atoms with van der Waals surface area (Å²) >= 11 is 1.31. The van der Waals surface area contributed by atoms with Crippen molar-refractivity contribution in [2.75, 3.05) is 0 Å². The molecule has 0 aliphatic rings. The van der Waals surface area contributed by atoms with Gasteiger partial charge in [-0.05, 0) is 0 Å². The zero-order valence-corrected chi connectivity index (χ0v) is 7.20. The molecule has 0 spiro atoms. The second-order valence-electron chi connectivity index (χ2n) is 0. The first-order valence-electron chi connectivity index (χ1n) is 0.577. The van der Waals surface area contributed by atoms with Gasteiger partial charge in [-0.2, -0.15) is 0 Å². The molecule has 0 saturated carbocycles. The van der Waals surface area contributed by atoms with Gasteiger partial charge in [-0.1, -0.05) is 0 Å². The molecule has 0 aliphatic heterocycles. The Morgan fingerprint density at radius 3 is 1.25 bits per heavy atom. The SMILES string of the molecule is [AlH3].[SiH3][La].[SrH2]. The molecule has 0 heterocycles. The summed E-state index contributed by atoms with van der Waals surface area (Å²) in [7, 11) is 0. The van der Waals surface area contributed by atoms with E-state index in [9.17, 15) is 0 Å². The van der Waals surface area contributed by atoms with E-state index in [0.717, 1.165) is 0 Å². The minimum atomic E-state index is 0. The first kappa shape index (κ1) is 15.7. The van der Waals surface area contributed by atoms with Crippen LogP contribution in [0.5, 0.6) is 0 Å². The van der Waals surface area contributed by atoms with Crippen LogP contribution in [-0.4, -0.2) is 68.6 Å². The van der Waals surface area contributed by atoms with Gasteiger partial charge in [0.2, 0.25) is 0 Å². The third-order valence-corrected chi connectivity index (χ3v) is 0. The Bertz CT molecular complexity index is 8.00. The minimum absolute atomic E-state index is 0. The van der Waals surface area contributed by atoms with Gasteiger partial charge in [-0.25, -0.2) is 0 Å². The van der Waals surface area contributed by atoms with E-state index in [0.29, 0.717) is 0 Å². The van der Waals surface area contributed by atoms with Gasteiger partial charge >= 0.3 is 84.0 Å². The van der Waals surface area contributed by atoms with Gasteiger partial charge in [-0.3, -0.25) is 0 Å². The molecule has 0 bridgehead atoms. The second kappa shape index (κ2) is 16.1. The molecule has 0 aromatic heterocycles. The molecule has 0 amide bonds. The standard InChI is InChI=1S/Al.La.H3Si.Sr.5H/h;;1H3;;;;;;. The van der Waals surface area contributed by atoms with E-state index in [4.69, 9.17) is 0 Å². The van der Waals surface area contributed by atoms with Crippen LogP contribution in [0.15, 0.2) is 0 Å². The van der Waals surface area contributed by atoms with E-state index in [1.165, 1.54) is 38.5 Å². The molecule has 4 heavy (non-hydrogen) atoms. The Kier molecular flexibility index (Phi) is 63.1. The van der Waals surface area contributed by atoms with Crippen LogP contribution in [0.4, 0.5) is 0 Å². The van der Waals surface area contributed by atoms with Crippen LogP contribution in [0, 0.1) is 32.7 Å². The fourth-order valence-electron chi connectivity index (χ4n) is 0. The molecule has 20 valence electrons. The summed E-state index contributed by atoms with van der Waals surface area (Å²) in [6.07, 6.45) is 0. The van der Waals surface area contributed by atoms with Crippen LogP contribution >= 0.6 is 0 Å². The van der Waals surface area contributed by atoms with E-state index in [2.05, 4.69) is 0 Å². The van der Waals surface area contributed by atoms with Gasteiger partial charge in [0.05, 0.1) is 0 Å². The average Bonchev–Trinajstić information content (AvgIpc) is 1.00. The van der Waals surface area contributed by atoms with Crippen LogP contribution in [0.1, 0.15) is 0 Å². The molecule has 0 rings (SSSR count). The molecule has 0 atom stereocenters. The Morgan fingerprint density at radius 2 is 1.25 bits per heavy atom. The molecule has 0 N–H and O–H groups in total. The summed E-state index contributed by atoms with van der Waals surface area (Å²) < 4.78 is 0. The van der Waals surface area contributed by atoms with Crippen molar-refractivity contribution in [1.82, 2.24) is 0 Å². The van der Waals surface area contributed by atoms with E-state index in [1.54, 1.807) is 0 Å². The molecule has 0 aliphatic carbocycles. The van der Waals surface area contributed by atoms with Gasteiger partial charge in [0, 0.05) is 0 Å².